The maximum absolute atomic E-state index is 12.5. The van der Waals surface area contributed by atoms with Gasteiger partial charge in [0, 0.05) is 44.5 Å². The number of thiazole rings is 1. The zero-order chi connectivity index (χ0) is 16.8. The van der Waals surface area contributed by atoms with Crippen LogP contribution in [-0.2, 0) is 16.0 Å². The number of hydrogen-bond donors (Lipinski definition) is 1. The Morgan fingerprint density at radius 3 is 2.67 bits per heavy atom. The summed E-state index contributed by atoms with van der Waals surface area (Å²) in [7, 11) is 0. The van der Waals surface area contributed by atoms with Gasteiger partial charge in [-0.2, -0.15) is 0 Å². The van der Waals surface area contributed by atoms with Crippen molar-refractivity contribution >= 4 is 22.4 Å². The van der Waals surface area contributed by atoms with Crippen LogP contribution in [0.2, 0.25) is 0 Å². The Morgan fingerprint density at radius 1 is 1.33 bits per heavy atom. The maximum atomic E-state index is 12.5. The average molecular weight is 350 g/mol. The quantitative estimate of drug-likeness (QED) is 0.891. The van der Waals surface area contributed by atoms with Crippen molar-refractivity contribution < 1.29 is 9.53 Å². The molecular weight excluding hydrogens is 324 g/mol. The molecule has 1 saturated carbocycles. The third kappa shape index (κ3) is 2.93. The van der Waals surface area contributed by atoms with E-state index in [0.717, 1.165) is 70.5 Å². The smallest absolute Gasteiger partial charge is 0.254 e. The highest BCUT2D eigenvalue weighted by Gasteiger charge is 2.61. The second-order valence-corrected chi connectivity index (χ2v) is 8.26. The molecule has 0 aromatic carbocycles. The van der Waals surface area contributed by atoms with Crippen LogP contribution >= 0.6 is 11.3 Å². The fourth-order valence-electron chi connectivity index (χ4n) is 4.04. The number of carbonyl (C=O) groups excluding carboxylic acids is 1. The Balaban J connectivity index is 1.34. The number of aromatic nitrogens is 1. The molecule has 7 heteroatoms. The fourth-order valence-corrected chi connectivity index (χ4v) is 4.63. The normalized spacial score (nSPS) is 25.5. The first-order valence-corrected chi connectivity index (χ1v) is 9.84. The van der Waals surface area contributed by atoms with Crippen LogP contribution < -0.4 is 5.73 Å². The lowest BCUT2D eigenvalue weighted by Crippen LogP contribution is -2.62. The first kappa shape index (κ1) is 16.3. The minimum Gasteiger partial charge on any atom is -0.375 e. The molecule has 2 N–H and O–H groups in total. The molecule has 0 bridgehead atoms. The molecule has 0 atom stereocenters. The Kier molecular flexibility index (Phi) is 4.05. The summed E-state index contributed by atoms with van der Waals surface area (Å²) in [6, 6.07) is 0. The summed E-state index contributed by atoms with van der Waals surface area (Å²) in [5.74, 6) is 0.221. The van der Waals surface area contributed by atoms with Gasteiger partial charge >= 0.3 is 0 Å². The van der Waals surface area contributed by atoms with E-state index in [1.54, 1.807) is 0 Å². The molecular formula is C17H26N4O2S. The second-order valence-electron chi connectivity index (χ2n) is 7.37. The van der Waals surface area contributed by atoms with Gasteiger partial charge in [0.25, 0.3) is 5.91 Å². The Bertz CT molecular complexity index is 620. The highest BCUT2D eigenvalue weighted by atomic mass is 32.1. The van der Waals surface area contributed by atoms with Gasteiger partial charge in [0.2, 0.25) is 0 Å². The van der Waals surface area contributed by atoms with Crippen molar-refractivity contribution in [3.8, 4) is 0 Å². The number of carbonyl (C=O) groups is 1. The third-order valence-corrected chi connectivity index (χ3v) is 6.40. The molecule has 2 aliphatic heterocycles. The first-order valence-electron chi connectivity index (χ1n) is 8.96. The van der Waals surface area contributed by atoms with Crippen LogP contribution in [0.5, 0.6) is 0 Å². The van der Waals surface area contributed by atoms with E-state index in [1.807, 2.05) is 10.3 Å². The van der Waals surface area contributed by atoms with E-state index in [4.69, 9.17) is 10.5 Å². The Hall–Kier alpha value is -1.18. The maximum Gasteiger partial charge on any atom is 0.254 e. The summed E-state index contributed by atoms with van der Waals surface area (Å²) in [6.07, 6.45) is 4.78. The molecule has 1 aromatic heterocycles. The number of rotatable bonds is 4. The first-order chi connectivity index (χ1) is 11.5. The largest absolute Gasteiger partial charge is 0.375 e. The lowest BCUT2D eigenvalue weighted by molar-refractivity contribution is -0.200. The van der Waals surface area contributed by atoms with Gasteiger partial charge in [0.15, 0.2) is 5.13 Å². The predicted molar refractivity (Wildman–Crippen MR) is 93.9 cm³/mol. The lowest BCUT2D eigenvalue weighted by atomic mass is 9.88. The molecule has 1 aromatic rings. The van der Waals surface area contributed by atoms with Gasteiger partial charge in [0.1, 0.15) is 5.60 Å². The van der Waals surface area contributed by atoms with Crippen molar-refractivity contribution in [2.75, 3.05) is 38.5 Å². The van der Waals surface area contributed by atoms with Crippen molar-refractivity contribution in [1.82, 2.24) is 14.8 Å². The average Bonchev–Trinajstić information content (AvgIpc) is 3.23. The topological polar surface area (TPSA) is 71.7 Å². The van der Waals surface area contributed by atoms with E-state index in [0.29, 0.717) is 5.13 Å². The van der Waals surface area contributed by atoms with Crippen LogP contribution in [0.25, 0.3) is 0 Å². The number of anilines is 1. The van der Waals surface area contributed by atoms with Crippen LogP contribution in [0, 0.1) is 0 Å². The second kappa shape index (κ2) is 5.97. The van der Waals surface area contributed by atoms with Gasteiger partial charge in [-0.05, 0) is 32.6 Å². The molecule has 3 heterocycles. The molecule has 4 rings (SSSR count). The number of nitrogens with zero attached hydrogens (tertiary/aromatic N) is 3. The summed E-state index contributed by atoms with van der Waals surface area (Å²) in [5, 5.41) is 2.70. The van der Waals surface area contributed by atoms with Gasteiger partial charge in [-0.25, -0.2) is 4.98 Å². The summed E-state index contributed by atoms with van der Waals surface area (Å²) >= 11 is 1.51. The molecule has 1 amide bonds. The van der Waals surface area contributed by atoms with Crippen LogP contribution in [0.1, 0.15) is 38.3 Å². The van der Waals surface area contributed by atoms with Crippen molar-refractivity contribution in [2.24, 2.45) is 0 Å². The van der Waals surface area contributed by atoms with Crippen molar-refractivity contribution in [1.29, 1.82) is 0 Å². The molecule has 24 heavy (non-hydrogen) atoms. The van der Waals surface area contributed by atoms with Gasteiger partial charge in [0.05, 0.1) is 11.3 Å². The monoisotopic (exact) mass is 350 g/mol. The van der Waals surface area contributed by atoms with Crippen LogP contribution in [0.15, 0.2) is 5.38 Å². The number of likely N-dealkylation sites (tertiary alicyclic amines) is 1. The minimum absolute atomic E-state index is 0.123. The minimum atomic E-state index is -0.464. The summed E-state index contributed by atoms with van der Waals surface area (Å²) in [5.41, 5.74) is 6.20. The van der Waals surface area contributed by atoms with E-state index < -0.39 is 5.60 Å². The van der Waals surface area contributed by atoms with Crippen LogP contribution in [0.4, 0.5) is 5.13 Å². The van der Waals surface area contributed by atoms with E-state index in [9.17, 15) is 4.79 Å². The summed E-state index contributed by atoms with van der Waals surface area (Å²) in [6.45, 7) is 6.70. The number of likely N-dealkylation sites (N-methyl/N-ethyl adjacent to an activating group) is 1. The van der Waals surface area contributed by atoms with E-state index in [2.05, 4.69) is 16.8 Å². The van der Waals surface area contributed by atoms with Gasteiger partial charge < -0.3 is 20.3 Å². The lowest BCUT2D eigenvalue weighted by Gasteiger charge is -2.50. The number of amides is 1. The highest BCUT2D eigenvalue weighted by molar-refractivity contribution is 7.13. The molecule has 3 aliphatic rings. The standard InChI is InChI=1S/C17H26N4O2S/c1-2-21-12-16(23-17(4-5-17)14(21)22)6-9-20(10-7-16)8-3-13-11-24-15(18)19-13/h11H,2-10,12H2,1H3,(H2,18,19). The molecule has 2 spiro atoms. The molecule has 3 fully saturated rings. The van der Waals surface area contributed by atoms with Gasteiger partial charge in [-0.3, -0.25) is 4.79 Å². The molecule has 0 radical (unpaired) electrons. The Morgan fingerprint density at radius 2 is 2.08 bits per heavy atom. The number of ether oxygens (including phenoxy) is 1. The number of piperidine rings is 1. The number of hydrogen-bond acceptors (Lipinski definition) is 6. The number of nitrogens with two attached hydrogens (primary N) is 1. The number of nitrogen functional groups attached to an aromatic ring is 1. The van der Waals surface area contributed by atoms with Crippen molar-refractivity contribution in [2.45, 2.75) is 50.2 Å². The fraction of sp³-hybridized carbons (Fsp3) is 0.765. The van der Waals surface area contributed by atoms with E-state index in [-0.39, 0.29) is 11.5 Å². The molecule has 1 aliphatic carbocycles. The van der Waals surface area contributed by atoms with Crippen LogP contribution in [-0.4, -0.2) is 64.6 Å². The molecule has 2 saturated heterocycles. The highest BCUT2D eigenvalue weighted by Crippen LogP contribution is 2.49. The SMILES string of the molecule is CCN1CC2(CCN(CCc3csc(N)n3)CC2)OC2(CC2)C1=O. The molecule has 132 valence electrons. The van der Waals surface area contributed by atoms with Gasteiger partial charge in [-0.15, -0.1) is 11.3 Å². The zero-order valence-corrected chi connectivity index (χ0v) is 15.1. The summed E-state index contributed by atoms with van der Waals surface area (Å²) < 4.78 is 6.43. The van der Waals surface area contributed by atoms with Crippen molar-refractivity contribution in [3.63, 3.8) is 0 Å². The molecule has 0 unspecified atom stereocenters. The summed E-state index contributed by atoms with van der Waals surface area (Å²) in [4.78, 5) is 21.3. The van der Waals surface area contributed by atoms with Gasteiger partial charge in [-0.1, -0.05) is 0 Å². The number of morpholine rings is 1. The van der Waals surface area contributed by atoms with E-state index >= 15 is 0 Å². The van der Waals surface area contributed by atoms with Crippen molar-refractivity contribution in [3.05, 3.63) is 11.1 Å². The molecule has 6 nitrogen and oxygen atoms in total. The Labute approximate surface area is 147 Å². The predicted octanol–water partition coefficient (Wildman–Crippen LogP) is 1.51. The van der Waals surface area contributed by atoms with Crippen LogP contribution in [0.3, 0.4) is 0 Å². The van der Waals surface area contributed by atoms with E-state index in [1.165, 1.54) is 11.3 Å². The third-order valence-electron chi connectivity index (χ3n) is 5.67. The zero-order valence-electron chi connectivity index (χ0n) is 14.3.